The molecule has 0 fully saturated rings. The molecule has 1 aliphatic rings. The fourth-order valence-electron chi connectivity index (χ4n) is 5.57. The van der Waals surface area contributed by atoms with Crippen molar-refractivity contribution < 1.29 is 51.9 Å². The molecule has 270 valence electrons. The van der Waals surface area contributed by atoms with Gasteiger partial charge in [-0.05, 0) is 87.8 Å². The van der Waals surface area contributed by atoms with E-state index in [4.69, 9.17) is 4.55 Å². The summed E-state index contributed by atoms with van der Waals surface area (Å²) in [6, 6.07) is 4.07. The molecule has 48 heavy (non-hydrogen) atoms. The standard InChI is InChI=1S/C30H44N2O12S4/c1-23-14-15-26(48(42,43)44)22-27(23)29(4,16-9-19-45(33,34)35)24(2)12-7-6-8-13-28-30(5,17-10-20-46(36,37)38)25(3)31-32(28)18-11-21-47(39,40)41/h6-8,12-15,22H,2,9-11,16-21H2,1,3-5H3,(H,33,34,35)(H,36,37,38)(H,39,40,41)(H,42,43,44)/b8-6+,12-7+,28-13-. The number of hydrogen-bond acceptors (Lipinski definition) is 10. The summed E-state index contributed by atoms with van der Waals surface area (Å²) in [7, 11) is -17.2. The molecular weight excluding hydrogens is 709 g/mol. The lowest BCUT2D eigenvalue weighted by molar-refractivity contribution is 0.324. The molecule has 1 aromatic rings. The van der Waals surface area contributed by atoms with Gasteiger partial charge in [0.05, 0.1) is 22.2 Å². The van der Waals surface area contributed by atoms with Crippen LogP contribution in [0.3, 0.4) is 0 Å². The minimum atomic E-state index is -4.55. The van der Waals surface area contributed by atoms with E-state index < -0.39 is 68.6 Å². The first-order valence-corrected chi connectivity index (χ1v) is 21.1. The van der Waals surface area contributed by atoms with Crippen molar-refractivity contribution in [2.75, 3.05) is 23.8 Å². The lowest BCUT2D eigenvalue weighted by Crippen LogP contribution is -2.29. The van der Waals surface area contributed by atoms with Crippen molar-refractivity contribution in [3.63, 3.8) is 0 Å². The second-order valence-electron chi connectivity index (χ2n) is 12.2. The molecule has 0 aromatic heterocycles. The van der Waals surface area contributed by atoms with Crippen molar-refractivity contribution in [3.8, 4) is 0 Å². The minimum absolute atomic E-state index is 0.0165. The Labute approximate surface area is 284 Å². The van der Waals surface area contributed by atoms with E-state index in [0.29, 0.717) is 34.5 Å². The molecule has 14 nitrogen and oxygen atoms in total. The summed E-state index contributed by atoms with van der Waals surface area (Å²) in [4.78, 5) is -0.345. The molecule has 18 heteroatoms. The van der Waals surface area contributed by atoms with E-state index in [1.807, 2.05) is 6.92 Å². The highest BCUT2D eigenvalue weighted by Gasteiger charge is 2.40. The molecule has 0 amide bonds. The van der Waals surface area contributed by atoms with Gasteiger partial charge in [0.15, 0.2) is 0 Å². The first-order chi connectivity index (χ1) is 21.8. The fraction of sp³-hybridized carbons (Fsp3) is 0.500. The molecular formula is C30H44N2O12S4. The van der Waals surface area contributed by atoms with Crippen LogP contribution in [0, 0.1) is 12.3 Å². The molecule has 0 spiro atoms. The summed E-state index contributed by atoms with van der Waals surface area (Å²) in [5.74, 6) is -1.47. The largest absolute Gasteiger partial charge is 0.294 e. The van der Waals surface area contributed by atoms with Gasteiger partial charge in [-0.25, -0.2) is 0 Å². The number of benzene rings is 1. The van der Waals surface area contributed by atoms with Gasteiger partial charge >= 0.3 is 0 Å². The molecule has 0 aliphatic carbocycles. The van der Waals surface area contributed by atoms with Crippen molar-refractivity contribution >= 4 is 46.2 Å². The smallest absolute Gasteiger partial charge is 0.286 e. The Morgan fingerprint density at radius 3 is 2.00 bits per heavy atom. The fourth-order valence-corrected chi connectivity index (χ4v) is 7.59. The van der Waals surface area contributed by atoms with E-state index in [0.717, 1.165) is 0 Å². The van der Waals surface area contributed by atoms with Crippen LogP contribution in [0.5, 0.6) is 0 Å². The second-order valence-corrected chi connectivity index (χ2v) is 18.3. The number of hydrazone groups is 1. The Hall–Kier alpha value is -2.71. The van der Waals surface area contributed by atoms with Crippen molar-refractivity contribution in [1.29, 1.82) is 0 Å². The second kappa shape index (κ2) is 15.9. The zero-order valence-electron chi connectivity index (χ0n) is 27.3. The Morgan fingerprint density at radius 1 is 0.875 bits per heavy atom. The topological polar surface area (TPSA) is 233 Å². The van der Waals surface area contributed by atoms with Crippen molar-refractivity contribution in [2.45, 2.75) is 70.1 Å². The van der Waals surface area contributed by atoms with Crippen LogP contribution in [0.25, 0.3) is 0 Å². The molecule has 1 heterocycles. The zero-order chi connectivity index (χ0) is 36.8. The van der Waals surface area contributed by atoms with Gasteiger partial charge < -0.3 is 0 Å². The minimum Gasteiger partial charge on any atom is -0.286 e. The Bertz CT molecular complexity index is 1930. The van der Waals surface area contributed by atoms with Crippen molar-refractivity contribution in [3.05, 3.63) is 77.6 Å². The van der Waals surface area contributed by atoms with E-state index in [-0.39, 0.29) is 37.1 Å². The maximum absolute atomic E-state index is 11.9. The maximum Gasteiger partial charge on any atom is 0.294 e. The molecule has 1 aliphatic heterocycles. The van der Waals surface area contributed by atoms with E-state index in [9.17, 15) is 47.3 Å². The lowest BCUT2D eigenvalue weighted by Gasteiger charge is -2.33. The maximum atomic E-state index is 11.9. The first-order valence-electron chi connectivity index (χ1n) is 14.8. The zero-order valence-corrected chi connectivity index (χ0v) is 30.5. The number of nitrogens with zero attached hydrogens (tertiary/aromatic N) is 2. The summed E-state index contributed by atoms with van der Waals surface area (Å²) < 4.78 is 129. The van der Waals surface area contributed by atoms with E-state index in [1.54, 1.807) is 56.2 Å². The normalized spacial score (nSPS) is 20.1. The molecule has 2 unspecified atom stereocenters. The predicted molar refractivity (Wildman–Crippen MR) is 184 cm³/mol. The van der Waals surface area contributed by atoms with Gasteiger partial charge in [-0.3, -0.25) is 23.2 Å². The van der Waals surface area contributed by atoms with Crippen molar-refractivity contribution in [1.82, 2.24) is 5.01 Å². The molecule has 1 aromatic carbocycles. The van der Waals surface area contributed by atoms with Crippen LogP contribution in [-0.2, 0) is 45.9 Å². The predicted octanol–water partition coefficient (Wildman–Crippen LogP) is 4.36. The highest BCUT2D eigenvalue weighted by Crippen LogP contribution is 2.42. The number of rotatable bonds is 18. The number of aryl methyl sites for hydroxylation is 1. The Balaban J connectivity index is 2.44. The molecule has 0 radical (unpaired) electrons. The van der Waals surface area contributed by atoms with Crippen LogP contribution >= 0.6 is 0 Å². The summed E-state index contributed by atoms with van der Waals surface area (Å²) >= 11 is 0. The molecule has 0 saturated heterocycles. The average Bonchev–Trinajstić information content (AvgIpc) is 3.14. The van der Waals surface area contributed by atoms with Gasteiger partial charge in [-0.15, -0.1) is 0 Å². The SMILES string of the molecule is C=C(/C=C/C=C/C=C1\N(CCCS(=O)(=O)O)N=C(C)C1(C)CCCS(=O)(=O)O)C(C)(CCCS(=O)(=O)O)c1cc(S(=O)(=O)O)ccc1C. The van der Waals surface area contributed by atoms with Gasteiger partial charge in [-0.2, -0.15) is 38.8 Å². The van der Waals surface area contributed by atoms with E-state index >= 15 is 0 Å². The summed E-state index contributed by atoms with van der Waals surface area (Å²) in [6.07, 6.45) is 8.98. The summed E-state index contributed by atoms with van der Waals surface area (Å²) in [5, 5.41) is 6.12. The quantitative estimate of drug-likeness (QED) is 0.121. The third-order valence-electron chi connectivity index (χ3n) is 8.43. The van der Waals surface area contributed by atoms with Crippen LogP contribution < -0.4 is 0 Å². The van der Waals surface area contributed by atoms with Crippen LogP contribution in [0.15, 0.2) is 76.4 Å². The number of allylic oxidation sites excluding steroid dienone is 7. The Kier molecular flexibility index (Phi) is 13.7. The Morgan fingerprint density at radius 2 is 1.44 bits per heavy atom. The third kappa shape index (κ3) is 12.3. The summed E-state index contributed by atoms with van der Waals surface area (Å²) in [6.45, 7) is 11.4. The van der Waals surface area contributed by atoms with Gasteiger partial charge in [0.1, 0.15) is 0 Å². The van der Waals surface area contributed by atoms with Crippen LogP contribution in [0.1, 0.15) is 64.0 Å². The van der Waals surface area contributed by atoms with Crippen LogP contribution in [0.4, 0.5) is 0 Å². The summed E-state index contributed by atoms with van der Waals surface area (Å²) in [5.41, 5.74) is 1.08. The number of hydrogen-bond donors (Lipinski definition) is 4. The monoisotopic (exact) mass is 752 g/mol. The van der Waals surface area contributed by atoms with Gasteiger partial charge in [0.25, 0.3) is 40.5 Å². The first kappa shape index (κ1) is 41.5. The third-order valence-corrected chi connectivity index (χ3v) is 11.7. The van der Waals surface area contributed by atoms with Gasteiger partial charge in [-0.1, -0.05) is 43.9 Å². The molecule has 2 rings (SSSR count). The molecule has 2 atom stereocenters. The van der Waals surface area contributed by atoms with Crippen LogP contribution in [-0.4, -0.2) is 86.4 Å². The van der Waals surface area contributed by atoms with E-state index in [1.165, 1.54) is 18.2 Å². The van der Waals surface area contributed by atoms with Crippen molar-refractivity contribution in [2.24, 2.45) is 10.5 Å². The van der Waals surface area contributed by atoms with E-state index in [2.05, 4.69) is 11.7 Å². The highest BCUT2D eigenvalue weighted by molar-refractivity contribution is 7.86. The average molecular weight is 753 g/mol. The molecule has 0 bridgehead atoms. The van der Waals surface area contributed by atoms with Gasteiger partial charge in [0, 0.05) is 28.8 Å². The van der Waals surface area contributed by atoms with Gasteiger partial charge in [0.2, 0.25) is 0 Å². The van der Waals surface area contributed by atoms with Crippen LogP contribution in [0.2, 0.25) is 0 Å². The molecule has 4 N–H and O–H groups in total. The lowest BCUT2D eigenvalue weighted by atomic mass is 9.71. The highest BCUT2D eigenvalue weighted by atomic mass is 32.2. The molecule has 0 saturated carbocycles.